The van der Waals surface area contributed by atoms with Gasteiger partial charge in [0.25, 0.3) is 0 Å². The summed E-state index contributed by atoms with van der Waals surface area (Å²) < 4.78 is 1.83. The number of nitrogens with one attached hydrogen (secondary N) is 1. The fourth-order valence-corrected chi connectivity index (χ4v) is 2.80. The summed E-state index contributed by atoms with van der Waals surface area (Å²) in [4.78, 5) is 12.2. The van der Waals surface area contributed by atoms with Gasteiger partial charge in [-0.15, -0.1) is 0 Å². The van der Waals surface area contributed by atoms with Gasteiger partial charge >= 0.3 is 0 Å². The number of rotatable bonds is 7. The first-order valence-corrected chi connectivity index (χ1v) is 8.29. The summed E-state index contributed by atoms with van der Waals surface area (Å²) in [6, 6.07) is 10.4. The molecule has 23 heavy (non-hydrogen) atoms. The zero-order chi connectivity index (χ0) is 16.8. The summed E-state index contributed by atoms with van der Waals surface area (Å²) in [5, 5.41) is 7.32. The zero-order valence-corrected chi connectivity index (χ0v) is 14.5. The first-order chi connectivity index (χ1) is 11.0. The van der Waals surface area contributed by atoms with E-state index in [-0.39, 0.29) is 11.9 Å². The van der Waals surface area contributed by atoms with Gasteiger partial charge in [0.2, 0.25) is 5.91 Å². The third-order valence-electron chi connectivity index (χ3n) is 4.42. The van der Waals surface area contributed by atoms with Crippen LogP contribution in [-0.4, -0.2) is 15.7 Å². The van der Waals surface area contributed by atoms with E-state index >= 15 is 0 Å². The van der Waals surface area contributed by atoms with Crippen molar-refractivity contribution in [3.63, 3.8) is 0 Å². The molecule has 0 aliphatic carbocycles. The van der Waals surface area contributed by atoms with Crippen LogP contribution in [0.3, 0.4) is 0 Å². The molecule has 124 valence electrons. The van der Waals surface area contributed by atoms with Crippen LogP contribution in [0.2, 0.25) is 0 Å². The maximum absolute atomic E-state index is 12.2. The molecule has 0 spiro atoms. The average Bonchev–Trinajstić information content (AvgIpc) is 2.86. The normalized spacial score (nSPS) is 13.6. The third kappa shape index (κ3) is 4.95. The molecule has 0 bridgehead atoms. The molecule has 0 aliphatic rings. The fraction of sp³-hybridized carbons (Fsp3) is 0.474. The van der Waals surface area contributed by atoms with E-state index in [1.165, 1.54) is 5.56 Å². The van der Waals surface area contributed by atoms with Crippen molar-refractivity contribution in [1.82, 2.24) is 15.1 Å². The highest BCUT2D eigenvalue weighted by molar-refractivity contribution is 5.76. The molecule has 0 radical (unpaired) electrons. The molecular weight excluding hydrogens is 286 g/mol. The number of hydrogen-bond donors (Lipinski definition) is 1. The first kappa shape index (κ1) is 17.3. The Labute approximate surface area is 138 Å². The van der Waals surface area contributed by atoms with Gasteiger partial charge in [-0.25, -0.2) is 0 Å². The minimum absolute atomic E-state index is 0.00229. The molecule has 4 nitrogen and oxygen atoms in total. The topological polar surface area (TPSA) is 46.9 Å². The smallest absolute Gasteiger partial charge is 0.220 e. The summed E-state index contributed by atoms with van der Waals surface area (Å²) in [5.41, 5.74) is 3.51. The van der Waals surface area contributed by atoms with Crippen molar-refractivity contribution in [2.45, 2.75) is 46.1 Å². The SMILES string of the molecule is Cc1c([C@H](C)NC(=O)C[C@@H](C)CCc2ccccc2)cnn1C. The minimum atomic E-state index is -0.00229. The predicted molar refractivity (Wildman–Crippen MR) is 93.0 cm³/mol. The molecule has 0 fully saturated rings. The molecule has 1 N–H and O–H groups in total. The molecule has 1 amide bonds. The Morgan fingerprint density at radius 1 is 1.26 bits per heavy atom. The van der Waals surface area contributed by atoms with Crippen molar-refractivity contribution in [2.24, 2.45) is 13.0 Å². The van der Waals surface area contributed by atoms with E-state index in [9.17, 15) is 4.79 Å². The molecule has 0 saturated carbocycles. The van der Waals surface area contributed by atoms with Crippen LogP contribution in [-0.2, 0) is 18.3 Å². The molecule has 1 heterocycles. The Bertz CT molecular complexity index is 633. The van der Waals surface area contributed by atoms with E-state index < -0.39 is 0 Å². The molecular formula is C19H27N3O. The van der Waals surface area contributed by atoms with Gasteiger partial charge in [-0.05, 0) is 38.2 Å². The molecule has 2 atom stereocenters. The van der Waals surface area contributed by atoms with Crippen LogP contribution in [0.15, 0.2) is 36.5 Å². The van der Waals surface area contributed by atoms with Crippen molar-refractivity contribution < 1.29 is 4.79 Å². The lowest BCUT2D eigenvalue weighted by Crippen LogP contribution is -2.28. The van der Waals surface area contributed by atoms with Crippen molar-refractivity contribution in [2.75, 3.05) is 0 Å². The van der Waals surface area contributed by atoms with Crippen LogP contribution >= 0.6 is 0 Å². The number of carbonyl (C=O) groups is 1. The second-order valence-electron chi connectivity index (χ2n) is 6.43. The number of carbonyl (C=O) groups excluding carboxylic acids is 1. The molecule has 1 aromatic heterocycles. The molecule has 2 aromatic rings. The molecule has 0 unspecified atom stereocenters. The monoisotopic (exact) mass is 313 g/mol. The lowest BCUT2D eigenvalue weighted by molar-refractivity contribution is -0.122. The molecule has 4 heteroatoms. The van der Waals surface area contributed by atoms with Gasteiger partial charge in [0, 0.05) is 24.7 Å². The number of benzene rings is 1. The van der Waals surface area contributed by atoms with Crippen LogP contribution < -0.4 is 5.32 Å². The van der Waals surface area contributed by atoms with Crippen molar-refractivity contribution in [1.29, 1.82) is 0 Å². The Balaban J connectivity index is 1.78. The number of hydrogen-bond acceptors (Lipinski definition) is 2. The minimum Gasteiger partial charge on any atom is -0.349 e. The summed E-state index contributed by atoms with van der Waals surface area (Å²) >= 11 is 0. The third-order valence-corrected chi connectivity index (χ3v) is 4.42. The van der Waals surface area contributed by atoms with Gasteiger partial charge in [0.05, 0.1) is 12.2 Å². The molecule has 1 aromatic carbocycles. The predicted octanol–water partition coefficient (Wildman–Crippen LogP) is 3.56. The van der Waals surface area contributed by atoms with Crippen molar-refractivity contribution in [3.8, 4) is 0 Å². The van der Waals surface area contributed by atoms with Crippen molar-refractivity contribution in [3.05, 3.63) is 53.3 Å². The van der Waals surface area contributed by atoms with E-state index in [4.69, 9.17) is 0 Å². The fourth-order valence-electron chi connectivity index (χ4n) is 2.80. The highest BCUT2D eigenvalue weighted by Crippen LogP contribution is 2.17. The lowest BCUT2D eigenvalue weighted by atomic mass is 9.97. The average molecular weight is 313 g/mol. The van der Waals surface area contributed by atoms with Crippen LogP contribution in [0.1, 0.15) is 49.6 Å². The molecule has 2 rings (SSSR count). The Hall–Kier alpha value is -2.10. The van der Waals surface area contributed by atoms with Gasteiger partial charge < -0.3 is 5.32 Å². The summed E-state index contributed by atoms with van der Waals surface area (Å²) in [6.45, 7) is 6.17. The van der Waals surface area contributed by atoms with Gasteiger partial charge in [-0.1, -0.05) is 37.3 Å². The Morgan fingerprint density at radius 3 is 2.57 bits per heavy atom. The Morgan fingerprint density at radius 2 is 1.96 bits per heavy atom. The van der Waals surface area contributed by atoms with Gasteiger partial charge in [-0.3, -0.25) is 9.48 Å². The standard InChI is InChI=1S/C19H27N3O/c1-14(10-11-17-8-6-5-7-9-17)12-19(23)21-15(2)18-13-20-22(4)16(18)3/h5-9,13-15H,10-12H2,1-4H3,(H,21,23)/t14-,15-/m0/s1. The van der Waals surface area contributed by atoms with Crippen LogP contribution in [0.5, 0.6) is 0 Å². The maximum Gasteiger partial charge on any atom is 0.220 e. The number of aromatic nitrogens is 2. The number of aryl methyl sites for hydroxylation is 2. The molecule has 0 saturated heterocycles. The van der Waals surface area contributed by atoms with E-state index in [1.54, 1.807) is 0 Å². The quantitative estimate of drug-likeness (QED) is 0.849. The zero-order valence-electron chi connectivity index (χ0n) is 14.5. The second kappa shape index (κ2) is 7.95. The number of amides is 1. The van der Waals surface area contributed by atoms with Crippen LogP contribution in [0.4, 0.5) is 0 Å². The highest BCUT2D eigenvalue weighted by atomic mass is 16.1. The lowest BCUT2D eigenvalue weighted by Gasteiger charge is -2.16. The second-order valence-corrected chi connectivity index (χ2v) is 6.43. The van der Waals surface area contributed by atoms with Crippen molar-refractivity contribution >= 4 is 5.91 Å². The van der Waals surface area contributed by atoms with E-state index in [2.05, 4.69) is 41.6 Å². The Kier molecular flexibility index (Phi) is 5.97. The summed E-state index contributed by atoms with van der Waals surface area (Å²) in [6.07, 6.45) is 4.44. The van der Waals surface area contributed by atoms with Gasteiger partial charge in [-0.2, -0.15) is 5.10 Å². The van der Waals surface area contributed by atoms with Crippen LogP contribution in [0.25, 0.3) is 0 Å². The maximum atomic E-state index is 12.2. The first-order valence-electron chi connectivity index (χ1n) is 8.29. The van der Waals surface area contributed by atoms with E-state index in [0.717, 1.165) is 24.1 Å². The van der Waals surface area contributed by atoms with E-state index in [0.29, 0.717) is 12.3 Å². The molecule has 0 aliphatic heterocycles. The largest absolute Gasteiger partial charge is 0.349 e. The summed E-state index contributed by atoms with van der Waals surface area (Å²) in [5.74, 6) is 0.485. The summed E-state index contributed by atoms with van der Waals surface area (Å²) in [7, 11) is 1.92. The highest BCUT2D eigenvalue weighted by Gasteiger charge is 2.16. The van der Waals surface area contributed by atoms with E-state index in [1.807, 2.05) is 37.8 Å². The van der Waals surface area contributed by atoms with Crippen LogP contribution in [0, 0.1) is 12.8 Å². The number of nitrogens with zero attached hydrogens (tertiary/aromatic N) is 2. The van der Waals surface area contributed by atoms with Gasteiger partial charge in [0.1, 0.15) is 0 Å². The van der Waals surface area contributed by atoms with Gasteiger partial charge in [0.15, 0.2) is 0 Å².